The third kappa shape index (κ3) is 6.29. The van der Waals surface area contributed by atoms with Gasteiger partial charge in [0.25, 0.3) is 0 Å². The van der Waals surface area contributed by atoms with Gasteiger partial charge in [-0.3, -0.25) is 9.63 Å². The van der Waals surface area contributed by atoms with Crippen LogP contribution in [-0.4, -0.2) is 39.8 Å². The quantitative estimate of drug-likeness (QED) is 0.488. The number of carbonyl (C=O) groups is 1. The first-order valence-corrected chi connectivity index (χ1v) is 11.7. The number of carbonyl (C=O) groups excluding carboxylic acids is 1. The summed E-state index contributed by atoms with van der Waals surface area (Å²) >= 11 is 0. The molecule has 1 aliphatic rings. The van der Waals surface area contributed by atoms with Gasteiger partial charge in [0.2, 0.25) is 5.91 Å². The van der Waals surface area contributed by atoms with Gasteiger partial charge >= 0.3 is 0 Å². The molecule has 0 radical (unpaired) electrons. The fourth-order valence-corrected chi connectivity index (χ4v) is 4.94. The molecule has 1 amide bonds. The molecular weight excluding hydrogens is 376 g/mol. The SMILES string of the molecule is CCC1(CC)CC(NC(=O)CCCCCO)CC(C)(C)N1OC(C)c1ccccc1. The molecule has 0 aliphatic carbocycles. The van der Waals surface area contributed by atoms with Gasteiger partial charge in [-0.1, -0.05) is 50.6 Å². The second kappa shape index (κ2) is 11.3. The minimum atomic E-state index is -0.192. The Bertz CT molecular complexity index is 643. The van der Waals surface area contributed by atoms with Gasteiger partial charge in [0, 0.05) is 30.1 Å². The van der Waals surface area contributed by atoms with E-state index in [1.54, 1.807) is 0 Å². The predicted molar refractivity (Wildman–Crippen MR) is 122 cm³/mol. The Kier molecular flexibility index (Phi) is 9.32. The van der Waals surface area contributed by atoms with E-state index in [2.05, 4.69) is 69.3 Å². The first kappa shape index (κ1) is 24.8. The molecule has 1 aliphatic heterocycles. The molecule has 1 saturated heterocycles. The lowest BCUT2D eigenvalue weighted by atomic mass is 9.74. The Balaban J connectivity index is 2.10. The summed E-state index contributed by atoms with van der Waals surface area (Å²) in [6.45, 7) is 11.2. The zero-order valence-electron chi connectivity index (χ0n) is 19.6. The summed E-state index contributed by atoms with van der Waals surface area (Å²) in [5.74, 6) is 0.127. The summed E-state index contributed by atoms with van der Waals surface area (Å²) in [5.41, 5.74) is 0.870. The fourth-order valence-electron chi connectivity index (χ4n) is 4.94. The van der Waals surface area contributed by atoms with Gasteiger partial charge in [0.05, 0.1) is 0 Å². The maximum atomic E-state index is 12.5. The van der Waals surface area contributed by atoms with Crippen LogP contribution in [-0.2, 0) is 9.63 Å². The average molecular weight is 419 g/mol. The Morgan fingerprint density at radius 1 is 1.17 bits per heavy atom. The first-order chi connectivity index (χ1) is 14.3. The Morgan fingerprint density at radius 2 is 1.83 bits per heavy atom. The van der Waals surface area contributed by atoms with Crippen molar-refractivity contribution in [2.45, 2.75) is 109 Å². The molecule has 5 nitrogen and oxygen atoms in total. The molecule has 0 saturated carbocycles. The van der Waals surface area contributed by atoms with E-state index < -0.39 is 0 Å². The molecule has 1 aromatic carbocycles. The average Bonchev–Trinajstić information content (AvgIpc) is 2.73. The van der Waals surface area contributed by atoms with Crippen LogP contribution in [0.25, 0.3) is 0 Å². The van der Waals surface area contributed by atoms with Crippen LogP contribution >= 0.6 is 0 Å². The number of hydroxylamine groups is 2. The Hall–Kier alpha value is -1.43. The number of aliphatic hydroxyl groups is 1. The van der Waals surface area contributed by atoms with E-state index in [9.17, 15) is 4.79 Å². The molecule has 2 N–H and O–H groups in total. The number of hydrogen-bond acceptors (Lipinski definition) is 4. The lowest BCUT2D eigenvalue weighted by Gasteiger charge is -2.57. The van der Waals surface area contributed by atoms with Crippen LogP contribution in [0.4, 0.5) is 0 Å². The highest BCUT2D eigenvalue weighted by atomic mass is 16.7. The minimum Gasteiger partial charge on any atom is -0.396 e. The summed E-state index contributed by atoms with van der Waals surface area (Å²) in [6.07, 6.45) is 6.70. The largest absolute Gasteiger partial charge is 0.396 e. The zero-order valence-corrected chi connectivity index (χ0v) is 19.6. The lowest BCUT2D eigenvalue weighted by Crippen LogP contribution is -2.66. The summed E-state index contributed by atoms with van der Waals surface area (Å²) in [6, 6.07) is 10.5. The molecule has 170 valence electrons. The minimum absolute atomic E-state index is 0.0272. The van der Waals surface area contributed by atoms with Crippen molar-refractivity contribution in [2.24, 2.45) is 0 Å². The first-order valence-electron chi connectivity index (χ1n) is 11.7. The van der Waals surface area contributed by atoms with E-state index >= 15 is 0 Å². The molecule has 30 heavy (non-hydrogen) atoms. The van der Waals surface area contributed by atoms with Crippen molar-refractivity contribution < 1.29 is 14.7 Å². The molecule has 0 spiro atoms. The zero-order chi connectivity index (χ0) is 22.2. The lowest BCUT2D eigenvalue weighted by molar-refractivity contribution is -0.316. The fraction of sp³-hybridized carbons (Fsp3) is 0.720. The topological polar surface area (TPSA) is 61.8 Å². The number of aliphatic hydroxyl groups excluding tert-OH is 1. The van der Waals surface area contributed by atoms with E-state index in [1.807, 2.05) is 6.07 Å². The number of piperidine rings is 1. The highest BCUT2D eigenvalue weighted by Gasteiger charge is 2.50. The molecule has 1 heterocycles. The van der Waals surface area contributed by atoms with Crippen LogP contribution in [0.3, 0.4) is 0 Å². The molecule has 2 rings (SSSR count). The van der Waals surface area contributed by atoms with Gasteiger partial charge in [-0.05, 0) is 64.9 Å². The normalized spacial score (nSPS) is 21.9. The third-order valence-corrected chi connectivity index (χ3v) is 6.63. The smallest absolute Gasteiger partial charge is 0.220 e. The summed E-state index contributed by atoms with van der Waals surface area (Å²) in [7, 11) is 0. The van der Waals surface area contributed by atoms with Crippen LogP contribution in [0.1, 0.15) is 97.7 Å². The molecule has 0 bridgehead atoms. The monoisotopic (exact) mass is 418 g/mol. The van der Waals surface area contributed by atoms with Crippen molar-refractivity contribution in [1.82, 2.24) is 10.4 Å². The van der Waals surface area contributed by atoms with Crippen molar-refractivity contribution >= 4 is 5.91 Å². The predicted octanol–water partition coefficient (Wildman–Crippen LogP) is 5.15. The molecule has 5 heteroatoms. The van der Waals surface area contributed by atoms with Gasteiger partial charge in [-0.25, -0.2) is 0 Å². The van der Waals surface area contributed by atoms with Gasteiger partial charge in [0.15, 0.2) is 0 Å². The summed E-state index contributed by atoms with van der Waals surface area (Å²) < 4.78 is 0. The van der Waals surface area contributed by atoms with Crippen molar-refractivity contribution in [3.63, 3.8) is 0 Å². The van der Waals surface area contributed by atoms with Gasteiger partial charge in [-0.2, -0.15) is 5.06 Å². The number of nitrogens with one attached hydrogen (secondary N) is 1. The maximum Gasteiger partial charge on any atom is 0.220 e. The van der Waals surface area contributed by atoms with Crippen molar-refractivity contribution in [2.75, 3.05) is 6.61 Å². The molecule has 1 aromatic rings. The second-order valence-electron chi connectivity index (χ2n) is 9.40. The van der Waals surface area contributed by atoms with E-state index in [-0.39, 0.29) is 35.7 Å². The van der Waals surface area contributed by atoms with E-state index in [0.29, 0.717) is 6.42 Å². The third-order valence-electron chi connectivity index (χ3n) is 6.63. The van der Waals surface area contributed by atoms with Gasteiger partial charge in [-0.15, -0.1) is 0 Å². The molecule has 2 unspecified atom stereocenters. The van der Waals surface area contributed by atoms with Crippen LogP contribution < -0.4 is 5.32 Å². The number of unbranched alkanes of at least 4 members (excludes halogenated alkanes) is 2. The van der Waals surface area contributed by atoms with E-state index in [4.69, 9.17) is 9.94 Å². The van der Waals surface area contributed by atoms with Crippen molar-refractivity contribution in [3.05, 3.63) is 35.9 Å². The standard InChI is InChI=1S/C25H42N2O3/c1-6-25(7-2)19-22(26-23(29)16-12-9-13-17-28)18-24(4,5)27(25)30-20(3)21-14-10-8-11-15-21/h8,10-11,14-15,20,22,28H,6-7,9,12-13,16-19H2,1-5H3,(H,26,29). The van der Waals surface area contributed by atoms with Crippen molar-refractivity contribution in [1.29, 1.82) is 0 Å². The highest BCUT2D eigenvalue weighted by Crippen LogP contribution is 2.44. The number of benzene rings is 1. The molecule has 0 aromatic heterocycles. The van der Waals surface area contributed by atoms with Crippen LogP contribution in [0.5, 0.6) is 0 Å². The van der Waals surface area contributed by atoms with Gasteiger partial charge < -0.3 is 10.4 Å². The van der Waals surface area contributed by atoms with Crippen LogP contribution in [0.2, 0.25) is 0 Å². The number of nitrogens with zero attached hydrogens (tertiary/aromatic N) is 1. The maximum absolute atomic E-state index is 12.5. The van der Waals surface area contributed by atoms with E-state index in [1.165, 1.54) is 5.56 Å². The van der Waals surface area contributed by atoms with Crippen LogP contribution in [0.15, 0.2) is 30.3 Å². The second-order valence-corrected chi connectivity index (χ2v) is 9.40. The number of hydrogen-bond donors (Lipinski definition) is 2. The Labute approximate surface area is 183 Å². The molecule has 2 atom stereocenters. The van der Waals surface area contributed by atoms with Crippen LogP contribution in [0, 0.1) is 0 Å². The Morgan fingerprint density at radius 3 is 2.43 bits per heavy atom. The molecular formula is C25H42N2O3. The number of amides is 1. The van der Waals surface area contributed by atoms with Crippen molar-refractivity contribution in [3.8, 4) is 0 Å². The summed E-state index contributed by atoms with van der Waals surface area (Å²) in [5, 5.41) is 14.5. The van der Waals surface area contributed by atoms with Gasteiger partial charge in [0.1, 0.15) is 6.10 Å². The van der Waals surface area contributed by atoms with E-state index in [0.717, 1.165) is 44.9 Å². The number of rotatable bonds is 11. The summed E-state index contributed by atoms with van der Waals surface area (Å²) in [4.78, 5) is 19.1. The molecule has 1 fully saturated rings. The highest BCUT2D eigenvalue weighted by molar-refractivity contribution is 5.76.